The smallest absolute Gasteiger partial charge is 0.227 e. The lowest BCUT2D eigenvalue weighted by molar-refractivity contribution is -0.129. The Bertz CT molecular complexity index is 704. The van der Waals surface area contributed by atoms with Gasteiger partial charge in [-0.05, 0) is 54.7 Å². The Labute approximate surface area is 156 Å². The molecule has 138 valence electrons. The zero-order valence-electron chi connectivity index (χ0n) is 15.8. The number of hydrogen-bond donors (Lipinski definition) is 0. The zero-order chi connectivity index (χ0) is 18.4. The third kappa shape index (κ3) is 4.78. The molecule has 0 atom stereocenters. The second kappa shape index (κ2) is 8.75. The van der Waals surface area contributed by atoms with Gasteiger partial charge in [0.2, 0.25) is 5.91 Å². The highest BCUT2D eigenvalue weighted by atomic mass is 16.5. The molecule has 0 spiro atoms. The van der Waals surface area contributed by atoms with Crippen LogP contribution in [0.1, 0.15) is 30.4 Å². The van der Waals surface area contributed by atoms with Crippen molar-refractivity contribution in [1.29, 1.82) is 0 Å². The van der Waals surface area contributed by atoms with Crippen LogP contribution in [0.15, 0.2) is 48.5 Å². The average Bonchev–Trinajstić information content (AvgIpc) is 2.70. The first-order chi connectivity index (χ1) is 12.7. The molecule has 2 aromatic rings. The van der Waals surface area contributed by atoms with E-state index in [1.165, 1.54) is 24.9 Å². The normalized spacial score (nSPS) is 14.2. The van der Waals surface area contributed by atoms with E-state index in [1.54, 1.807) is 12.0 Å². The Morgan fingerprint density at radius 1 is 0.962 bits per heavy atom. The summed E-state index contributed by atoms with van der Waals surface area (Å²) in [5, 5.41) is 0. The number of amides is 1. The van der Waals surface area contributed by atoms with Crippen molar-refractivity contribution < 1.29 is 9.53 Å². The topological polar surface area (TPSA) is 32.8 Å². The van der Waals surface area contributed by atoms with Gasteiger partial charge in [0, 0.05) is 32.4 Å². The number of hydrogen-bond acceptors (Lipinski definition) is 3. The lowest BCUT2D eigenvalue weighted by Crippen LogP contribution is -2.29. The molecule has 0 saturated carbocycles. The molecule has 0 aliphatic carbocycles. The molecule has 26 heavy (non-hydrogen) atoms. The van der Waals surface area contributed by atoms with Crippen LogP contribution in [0.4, 0.5) is 5.69 Å². The molecule has 1 fully saturated rings. The summed E-state index contributed by atoms with van der Waals surface area (Å²) in [6.07, 6.45) is 4.32. The lowest BCUT2D eigenvalue weighted by atomic mass is 10.1. The Balaban J connectivity index is 1.54. The Hall–Kier alpha value is -2.49. The van der Waals surface area contributed by atoms with Crippen LogP contribution >= 0.6 is 0 Å². The van der Waals surface area contributed by atoms with Crippen molar-refractivity contribution in [3.63, 3.8) is 0 Å². The SMILES string of the molecule is COc1ccc(CC(=O)N(C)Cc2ccc(N3CCCCC3)cc2)cc1. The van der Waals surface area contributed by atoms with Crippen LogP contribution in [0, 0.1) is 0 Å². The van der Waals surface area contributed by atoms with E-state index in [2.05, 4.69) is 29.2 Å². The molecule has 2 aromatic carbocycles. The van der Waals surface area contributed by atoms with E-state index in [0.29, 0.717) is 13.0 Å². The van der Waals surface area contributed by atoms with Crippen molar-refractivity contribution in [2.24, 2.45) is 0 Å². The second-order valence-electron chi connectivity index (χ2n) is 6.99. The molecule has 1 amide bonds. The summed E-state index contributed by atoms with van der Waals surface area (Å²) < 4.78 is 5.16. The number of benzene rings is 2. The third-order valence-corrected chi connectivity index (χ3v) is 5.02. The predicted octanol–water partition coefficient (Wildman–Crippen LogP) is 3.89. The van der Waals surface area contributed by atoms with E-state index in [-0.39, 0.29) is 5.91 Å². The van der Waals surface area contributed by atoms with E-state index in [4.69, 9.17) is 4.74 Å². The Morgan fingerprint density at radius 2 is 1.58 bits per heavy atom. The van der Waals surface area contributed by atoms with Gasteiger partial charge in [0.05, 0.1) is 13.5 Å². The van der Waals surface area contributed by atoms with E-state index in [0.717, 1.165) is 30.0 Å². The largest absolute Gasteiger partial charge is 0.497 e. The molecule has 1 aliphatic heterocycles. The number of ether oxygens (including phenoxy) is 1. The summed E-state index contributed by atoms with van der Waals surface area (Å²) >= 11 is 0. The maximum atomic E-state index is 12.5. The minimum absolute atomic E-state index is 0.121. The Kier molecular flexibility index (Phi) is 6.16. The summed E-state index contributed by atoms with van der Waals surface area (Å²) in [4.78, 5) is 16.7. The third-order valence-electron chi connectivity index (χ3n) is 5.02. The molecule has 0 bridgehead atoms. The summed E-state index contributed by atoms with van der Waals surface area (Å²) in [5.41, 5.74) is 3.46. The number of carbonyl (C=O) groups excluding carboxylic acids is 1. The van der Waals surface area contributed by atoms with Crippen LogP contribution in [-0.2, 0) is 17.8 Å². The number of likely N-dealkylation sites (N-methyl/N-ethyl adjacent to an activating group) is 1. The summed E-state index contributed by atoms with van der Waals surface area (Å²) in [6, 6.07) is 16.3. The van der Waals surface area contributed by atoms with Crippen LogP contribution in [0.5, 0.6) is 5.75 Å². The maximum Gasteiger partial charge on any atom is 0.227 e. The van der Waals surface area contributed by atoms with Gasteiger partial charge in [0.1, 0.15) is 5.75 Å². The number of nitrogens with zero attached hydrogens (tertiary/aromatic N) is 2. The van der Waals surface area contributed by atoms with Crippen LogP contribution in [0.3, 0.4) is 0 Å². The quantitative estimate of drug-likeness (QED) is 0.791. The number of piperidine rings is 1. The first-order valence-electron chi connectivity index (χ1n) is 9.36. The number of methoxy groups -OCH3 is 1. The van der Waals surface area contributed by atoms with Gasteiger partial charge in [-0.3, -0.25) is 4.79 Å². The fraction of sp³-hybridized carbons (Fsp3) is 0.409. The van der Waals surface area contributed by atoms with Crippen molar-refractivity contribution in [3.05, 3.63) is 59.7 Å². The monoisotopic (exact) mass is 352 g/mol. The van der Waals surface area contributed by atoms with Crippen molar-refractivity contribution >= 4 is 11.6 Å². The average molecular weight is 352 g/mol. The fourth-order valence-corrected chi connectivity index (χ4v) is 3.38. The minimum Gasteiger partial charge on any atom is -0.497 e. The zero-order valence-corrected chi connectivity index (χ0v) is 15.8. The Morgan fingerprint density at radius 3 is 2.19 bits per heavy atom. The molecule has 1 aliphatic rings. The molecule has 3 rings (SSSR count). The molecule has 4 heteroatoms. The molecule has 4 nitrogen and oxygen atoms in total. The molecule has 1 heterocycles. The standard InChI is InChI=1S/C22H28N2O2/c1-23(22(25)16-18-8-12-21(26-2)13-9-18)17-19-6-10-20(11-7-19)24-14-4-3-5-15-24/h6-13H,3-5,14-17H2,1-2H3. The summed E-state index contributed by atoms with van der Waals surface area (Å²) in [6.45, 7) is 2.94. The van der Waals surface area contributed by atoms with Gasteiger partial charge < -0.3 is 14.5 Å². The molecule has 1 saturated heterocycles. The van der Waals surface area contributed by atoms with Crippen LogP contribution in [-0.4, -0.2) is 38.1 Å². The molecule has 0 radical (unpaired) electrons. The van der Waals surface area contributed by atoms with Gasteiger partial charge in [-0.15, -0.1) is 0 Å². The van der Waals surface area contributed by atoms with Gasteiger partial charge in [-0.1, -0.05) is 24.3 Å². The molecular weight excluding hydrogens is 324 g/mol. The van der Waals surface area contributed by atoms with E-state index >= 15 is 0 Å². The summed E-state index contributed by atoms with van der Waals surface area (Å²) in [5.74, 6) is 0.929. The van der Waals surface area contributed by atoms with Crippen molar-refractivity contribution in [1.82, 2.24) is 4.90 Å². The van der Waals surface area contributed by atoms with E-state index < -0.39 is 0 Å². The predicted molar refractivity (Wildman–Crippen MR) is 106 cm³/mol. The van der Waals surface area contributed by atoms with Crippen LogP contribution in [0.2, 0.25) is 0 Å². The molecule has 0 aromatic heterocycles. The number of rotatable bonds is 6. The molecule has 0 unspecified atom stereocenters. The highest BCUT2D eigenvalue weighted by Crippen LogP contribution is 2.21. The number of anilines is 1. The summed E-state index contributed by atoms with van der Waals surface area (Å²) in [7, 11) is 3.51. The maximum absolute atomic E-state index is 12.5. The van der Waals surface area contributed by atoms with Gasteiger partial charge in [0.15, 0.2) is 0 Å². The highest BCUT2D eigenvalue weighted by Gasteiger charge is 2.13. The van der Waals surface area contributed by atoms with Crippen LogP contribution < -0.4 is 9.64 Å². The van der Waals surface area contributed by atoms with Gasteiger partial charge in [-0.25, -0.2) is 0 Å². The minimum atomic E-state index is 0.121. The lowest BCUT2D eigenvalue weighted by Gasteiger charge is -2.29. The van der Waals surface area contributed by atoms with Crippen molar-refractivity contribution in [2.45, 2.75) is 32.2 Å². The van der Waals surface area contributed by atoms with E-state index in [1.807, 2.05) is 31.3 Å². The van der Waals surface area contributed by atoms with Gasteiger partial charge >= 0.3 is 0 Å². The first-order valence-corrected chi connectivity index (χ1v) is 9.36. The van der Waals surface area contributed by atoms with Gasteiger partial charge in [-0.2, -0.15) is 0 Å². The molecule has 0 N–H and O–H groups in total. The van der Waals surface area contributed by atoms with Crippen molar-refractivity contribution in [3.8, 4) is 5.75 Å². The highest BCUT2D eigenvalue weighted by molar-refractivity contribution is 5.78. The van der Waals surface area contributed by atoms with E-state index in [9.17, 15) is 4.79 Å². The number of carbonyl (C=O) groups is 1. The second-order valence-corrected chi connectivity index (χ2v) is 6.99. The van der Waals surface area contributed by atoms with Crippen LogP contribution in [0.25, 0.3) is 0 Å². The molecular formula is C22H28N2O2. The fourth-order valence-electron chi connectivity index (χ4n) is 3.38. The van der Waals surface area contributed by atoms with Gasteiger partial charge in [0.25, 0.3) is 0 Å². The van der Waals surface area contributed by atoms with Crippen molar-refractivity contribution in [2.75, 3.05) is 32.1 Å². The first kappa shape index (κ1) is 18.3.